The Bertz CT molecular complexity index is 623. The molecule has 1 aliphatic rings. The van der Waals surface area contributed by atoms with E-state index >= 15 is 0 Å². The van der Waals surface area contributed by atoms with Crippen molar-refractivity contribution in [3.63, 3.8) is 0 Å². The van der Waals surface area contributed by atoms with E-state index in [-0.39, 0.29) is 5.41 Å². The number of hydrogen-bond acceptors (Lipinski definition) is 1. The van der Waals surface area contributed by atoms with Crippen LogP contribution in [0.4, 0.5) is 0 Å². The van der Waals surface area contributed by atoms with E-state index in [0.717, 1.165) is 25.8 Å². The highest BCUT2D eigenvalue weighted by atomic mass is 16.4. The summed E-state index contributed by atoms with van der Waals surface area (Å²) in [5.41, 5.74) is 2.62. The van der Waals surface area contributed by atoms with E-state index in [2.05, 4.69) is 42.0 Å². The van der Waals surface area contributed by atoms with Crippen molar-refractivity contribution in [3.05, 3.63) is 36.0 Å². The van der Waals surface area contributed by atoms with Crippen LogP contribution in [-0.2, 0) is 17.8 Å². The number of carboxylic acids is 1. The van der Waals surface area contributed by atoms with Crippen LogP contribution in [-0.4, -0.2) is 15.6 Å². The maximum atomic E-state index is 11.0. The number of para-hydroxylation sites is 1. The lowest BCUT2D eigenvalue weighted by molar-refractivity contribution is -0.138. The fraction of sp³-hybridized carbons (Fsp3) is 0.438. The molecular formula is C16H19NO2. The SMILES string of the molecule is CCc1cccc2ccn(CC3(CC(=O)O)CC3)c12. The summed E-state index contributed by atoms with van der Waals surface area (Å²) in [6.07, 6.45) is 5.47. The van der Waals surface area contributed by atoms with E-state index in [0.29, 0.717) is 6.42 Å². The number of aryl methyl sites for hydroxylation is 1. The summed E-state index contributed by atoms with van der Waals surface area (Å²) in [6.45, 7) is 3.00. The van der Waals surface area contributed by atoms with Crippen molar-refractivity contribution in [2.24, 2.45) is 5.41 Å². The highest BCUT2D eigenvalue weighted by Gasteiger charge is 2.44. The Kier molecular flexibility index (Phi) is 2.85. The van der Waals surface area contributed by atoms with E-state index < -0.39 is 5.97 Å². The van der Waals surface area contributed by atoms with Gasteiger partial charge in [0, 0.05) is 12.7 Å². The van der Waals surface area contributed by atoms with Crippen LogP contribution >= 0.6 is 0 Å². The molecule has 2 aromatic rings. The predicted molar refractivity (Wildman–Crippen MR) is 75.2 cm³/mol. The molecule has 1 aromatic carbocycles. The lowest BCUT2D eigenvalue weighted by Crippen LogP contribution is -2.15. The first-order valence-corrected chi connectivity index (χ1v) is 6.92. The van der Waals surface area contributed by atoms with E-state index in [1.807, 2.05) is 0 Å². The minimum Gasteiger partial charge on any atom is -0.481 e. The van der Waals surface area contributed by atoms with Crippen LogP contribution in [0.3, 0.4) is 0 Å². The number of fused-ring (bicyclic) bond motifs is 1. The Morgan fingerprint density at radius 3 is 2.79 bits per heavy atom. The van der Waals surface area contributed by atoms with E-state index in [9.17, 15) is 4.79 Å². The number of nitrogens with zero attached hydrogens (tertiary/aromatic N) is 1. The molecule has 100 valence electrons. The lowest BCUT2D eigenvalue weighted by Gasteiger charge is -2.16. The van der Waals surface area contributed by atoms with Crippen LogP contribution in [0, 0.1) is 5.41 Å². The second kappa shape index (κ2) is 4.41. The fourth-order valence-corrected chi connectivity index (χ4v) is 3.01. The van der Waals surface area contributed by atoms with Gasteiger partial charge in [-0.05, 0) is 41.7 Å². The van der Waals surface area contributed by atoms with Gasteiger partial charge in [-0.15, -0.1) is 0 Å². The van der Waals surface area contributed by atoms with Crippen molar-refractivity contribution in [2.45, 2.75) is 39.2 Å². The van der Waals surface area contributed by atoms with Crippen LogP contribution in [0.1, 0.15) is 31.7 Å². The Labute approximate surface area is 112 Å². The molecule has 1 fully saturated rings. The standard InChI is InChI=1S/C16H19NO2/c1-2-12-4-3-5-13-6-9-17(15(12)13)11-16(7-8-16)10-14(18)19/h3-6,9H,2,7-8,10-11H2,1H3,(H,18,19). The number of rotatable bonds is 5. The summed E-state index contributed by atoms with van der Waals surface area (Å²) >= 11 is 0. The molecule has 1 N–H and O–H groups in total. The van der Waals surface area contributed by atoms with Crippen LogP contribution in [0.15, 0.2) is 30.5 Å². The van der Waals surface area contributed by atoms with Crippen molar-refractivity contribution < 1.29 is 9.90 Å². The first kappa shape index (κ1) is 12.3. The fourth-order valence-electron chi connectivity index (χ4n) is 3.01. The van der Waals surface area contributed by atoms with Crippen LogP contribution in [0.2, 0.25) is 0 Å². The molecule has 0 atom stereocenters. The van der Waals surface area contributed by atoms with Crippen molar-refractivity contribution in [2.75, 3.05) is 0 Å². The molecule has 3 rings (SSSR count). The van der Waals surface area contributed by atoms with Gasteiger partial charge in [0.05, 0.1) is 11.9 Å². The number of aromatic nitrogens is 1. The number of hydrogen-bond donors (Lipinski definition) is 1. The van der Waals surface area contributed by atoms with Gasteiger partial charge in [0.15, 0.2) is 0 Å². The largest absolute Gasteiger partial charge is 0.481 e. The molecule has 0 unspecified atom stereocenters. The Morgan fingerprint density at radius 2 is 2.16 bits per heavy atom. The molecule has 0 saturated heterocycles. The zero-order chi connectivity index (χ0) is 13.5. The summed E-state index contributed by atoms with van der Waals surface area (Å²) in [7, 11) is 0. The number of carbonyl (C=O) groups is 1. The van der Waals surface area contributed by atoms with Gasteiger partial charge in [0.25, 0.3) is 0 Å². The first-order chi connectivity index (χ1) is 9.13. The zero-order valence-corrected chi connectivity index (χ0v) is 11.2. The van der Waals surface area contributed by atoms with Crippen LogP contribution < -0.4 is 0 Å². The minimum absolute atomic E-state index is 0.00135. The highest BCUT2D eigenvalue weighted by molar-refractivity contribution is 5.83. The summed E-state index contributed by atoms with van der Waals surface area (Å²) in [5, 5.41) is 10.3. The quantitative estimate of drug-likeness (QED) is 0.891. The topological polar surface area (TPSA) is 42.2 Å². The summed E-state index contributed by atoms with van der Waals surface area (Å²) in [6, 6.07) is 8.51. The second-order valence-electron chi connectivity index (χ2n) is 5.72. The van der Waals surface area contributed by atoms with E-state index in [1.54, 1.807) is 0 Å². The normalized spacial score (nSPS) is 16.7. The molecule has 1 heterocycles. The van der Waals surface area contributed by atoms with Gasteiger partial charge in [-0.2, -0.15) is 0 Å². The van der Waals surface area contributed by atoms with Gasteiger partial charge >= 0.3 is 5.97 Å². The molecule has 3 nitrogen and oxygen atoms in total. The second-order valence-corrected chi connectivity index (χ2v) is 5.72. The smallest absolute Gasteiger partial charge is 0.303 e. The first-order valence-electron chi connectivity index (χ1n) is 6.92. The summed E-state index contributed by atoms with van der Waals surface area (Å²) < 4.78 is 2.25. The number of aliphatic carboxylic acids is 1. The molecule has 1 saturated carbocycles. The third kappa shape index (κ3) is 2.25. The average molecular weight is 257 g/mol. The maximum Gasteiger partial charge on any atom is 0.303 e. The molecule has 0 radical (unpaired) electrons. The van der Waals surface area contributed by atoms with Gasteiger partial charge in [-0.25, -0.2) is 0 Å². The maximum absolute atomic E-state index is 11.0. The lowest BCUT2D eigenvalue weighted by atomic mass is 10.0. The van der Waals surface area contributed by atoms with Gasteiger partial charge in [-0.1, -0.05) is 25.1 Å². The van der Waals surface area contributed by atoms with Gasteiger partial charge in [0.2, 0.25) is 0 Å². The van der Waals surface area contributed by atoms with E-state index in [4.69, 9.17) is 5.11 Å². The van der Waals surface area contributed by atoms with Crippen LogP contribution in [0.5, 0.6) is 0 Å². The Hall–Kier alpha value is -1.77. The molecule has 3 heteroatoms. The third-order valence-electron chi connectivity index (χ3n) is 4.24. The van der Waals surface area contributed by atoms with Gasteiger partial charge in [0.1, 0.15) is 0 Å². The van der Waals surface area contributed by atoms with Gasteiger partial charge < -0.3 is 9.67 Å². The van der Waals surface area contributed by atoms with Crippen molar-refractivity contribution in [1.82, 2.24) is 4.57 Å². The van der Waals surface area contributed by atoms with Crippen molar-refractivity contribution in [3.8, 4) is 0 Å². The van der Waals surface area contributed by atoms with Crippen molar-refractivity contribution >= 4 is 16.9 Å². The number of carboxylic acid groups (broad SMARTS) is 1. The van der Waals surface area contributed by atoms with Gasteiger partial charge in [-0.3, -0.25) is 4.79 Å². The molecule has 0 spiro atoms. The summed E-state index contributed by atoms with van der Waals surface area (Å²) in [4.78, 5) is 11.0. The third-order valence-corrected chi connectivity index (χ3v) is 4.24. The molecule has 0 aliphatic heterocycles. The minimum atomic E-state index is -0.676. The molecular weight excluding hydrogens is 238 g/mol. The average Bonchev–Trinajstić information content (AvgIpc) is 2.99. The number of benzene rings is 1. The predicted octanol–water partition coefficient (Wildman–Crippen LogP) is 3.46. The molecule has 0 bridgehead atoms. The molecule has 19 heavy (non-hydrogen) atoms. The Balaban J connectivity index is 1.95. The molecule has 1 aliphatic carbocycles. The van der Waals surface area contributed by atoms with Crippen LogP contribution in [0.25, 0.3) is 10.9 Å². The Morgan fingerprint density at radius 1 is 1.37 bits per heavy atom. The highest BCUT2D eigenvalue weighted by Crippen LogP contribution is 2.50. The molecule has 1 aromatic heterocycles. The summed E-state index contributed by atoms with van der Waals surface area (Å²) in [5.74, 6) is -0.676. The van der Waals surface area contributed by atoms with E-state index in [1.165, 1.54) is 16.5 Å². The van der Waals surface area contributed by atoms with Crippen molar-refractivity contribution in [1.29, 1.82) is 0 Å². The monoisotopic (exact) mass is 257 g/mol. The zero-order valence-electron chi connectivity index (χ0n) is 11.2. The molecule has 0 amide bonds.